The van der Waals surface area contributed by atoms with E-state index in [2.05, 4.69) is 14.7 Å². The average molecular weight is 384 g/mol. The predicted octanol–water partition coefficient (Wildman–Crippen LogP) is 2.64. The van der Waals surface area contributed by atoms with Crippen LogP contribution in [0, 0.1) is 5.82 Å². The predicted molar refractivity (Wildman–Crippen MR) is 102 cm³/mol. The van der Waals surface area contributed by atoms with Gasteiger partial charge in [0.1, 0.15) is 11.6 Å². The molecule has 0 radical (unpaired) electrons. The summed E-state index contributed by atoms with van der Waals surface area (Å²) in [6.45, 7) is 0. The molecule has 0 atom stereocenters. The van der Waals surface area contributed by atoms with E-state index in [0.29, 0.717) is 16.8 Å². The van der Waals surface area contributed by atoms with E-state index < -0.39 is 22.2 Å². The summed E-state index contributed by atoms with van der Waals surface area (Å²) in [7, 11) is -2.72. The van der Waals surface area contributed by atoms with E-state index in [-0.39, 0.29) is 5.82 Å². The van der Waals surface area contributed by atoms with Crippen LogP contribution in [0.3, 0.4) is 0 Å². The molecule has 1 saturated carbocycles. The monoisotopic (exact) mass is 384 g/mol. The molecule has 4 rings (SSSR count). The van der Waals surface area contributed by atoms with Crippen molar-refractivity contribution in [1.29, 1.82) is 0 Å². The van der Waals surface area contributed by atoms with Gasteiger partial charge in [-0.1, -0.05) is 30.3 Å². The molecule has 3 aromatic rings. The van der Waals surface area contributed by atoms with Crippen molar-refractivity contribution in [2.45, 2.75) is 18.4 Å². The summed E-state index contributed by atoms with van der Waals surface area (Å²) in [5, 5.41) is 0. The highest BCUT2D eigenvalue weighted by molar-refractivity contribution is 7.70. The lowest BCUT2D eigenvalue weighted by molar-refractivity contribution is 0.571. The van der Waals surface area contributed by atoms with E-state index in [1.807, 2.05) is 24.3 Å². The van der Waals surface area contributed by atoms with E-state index in [9.17, 15) is 12.8 Å². The van der Waals surface area contributed by atoms with Gasteiger partial charge >= 0.3 is 0 Å². The second kappa shape index (κ2) is 6.71. The number of aromatic nitrogens is 2. The minimum absolute atomic E-state index is 0.267. The number of thiol groups is 1. The van der Waals surface area contributed by atoms with Gasteiger partial charge in [0.25, 0.3) is 0 Å². The maximum absolute atomic E-state index is 14.8. The van der Waals surface area contributed by atoms with Crippen LogP contribution in [0.1, 0.15) is 18.4 Å². The number of halogens is 1. The Kier molecular flexibility index (Phi) is 4.37. The van der Waals surface area contributed by atoms with Crippen molar-refractivity contribution < 1.29 is 12.8 Å². The smallest absolute Gasteiger partial charge is 0.202 e. The Morgan fingerprint density at radius 3 is 2.44 bits per heavy atom. The molecule has 6 nitrogen and oxygen atoms in total. The highest BCUT2D eigenvalue weighted by Crippen LogP contribution is 2.49. The van der Waals surface area contributed by atoms with Crippen molar-refractivity contribution in [3.05, 3.63) is 66.2 Å². The molecule has 0 aliphatic heterocycles. The first-order chi connectivity index (χ1) is 13.0. The highest BCUT2D eigenvalue weighted by atomic mass is 32.2. The van der Waals surface area contributed by atoms with Crippen LogP contribution in [0.25, 0.3) is 22.4 Å². The number of rotatable bonds is 5. The lowest BCUT2D eigenvalue weighted by Crippen LogP contribution is -2.27. The van der Waals surface area contributed by atoms with Gasteiger partial charge in [-0.05, 0) is 41.7 Å². The molecule has 1 aliphatic carbocycles. The fourth-order valence-electron chi connectivity index (χ4n) is 3.26. The number of nitrogen functional groups attached to an aromatic ring is 1. The van der Waals surface area contributed by atoms with Crippen LogP contribution in [0.4, 0.5) is 10.2 Å². The van der Waals surface area contributed by atoms with Gasteiger partial charge in [0, 0.05) is 5.56 Å². The molecule has 0 bridgehead atoms. The molecular weight excluding hydrogens is 367 g/mol. The molecule has 1 fully saturated rings. The summed E-state index contributed by atoms with van der Waals surface area (Å²) in [6.07, 6.45) is 4.24. The van der Waals surface area contributed by atoms with Crippen molar-refractivity contribution in [1.82, 2.24) is 14.7 Å². The molecule has 2 aromatic carbocycles. The zero-order valence-corrected chi connectivity index (χ0v) is 15.1. The summed E-state index contributed by atoms with van der Waals surface area (Å²) in [6, 6.07) is 12.3. The maximum atomic E-state index is 14.8. The van der Waals surface area contributed by atoms with Crippen LogP contribution in [-0.2, 0) is 16.4 Å². The van der Waals surface area contributed by atoms with Gasteiger partial charge in [0.15, 0.2) is 0 Å². The standard InChI is InChI=1S/C19H17FN4O2S/c20-16-9-12(5-6-14(16)17-10-23-18(21)11-22-17)13-3-1-2-4-15(13)19(7-8-19)24-27(25)26/h1-6,9-11,27H,7-8H2,(H2,21,23)(H,24,25,26). The van der Waals surface area contributed by atoms with Crippen LogP contribution in [-0.4, -0.2) is 18.4 Å². The van der Waals surface area contributed by atoms with Crippen molar-refractivity contribution in [3.63, 3.8) is 0 Å². The van der Waals surface area contributed by atoms with Crippen LogP contribution < -0.4 is 10.5 Å². The van der Waals surface area contributed by atoms with Crippen LogP contribution >= 0.6 is 0 Å². The third kappa shape index (κ3) is 3.41. The minimum atomic E-state index is -2.72. The fourth-order valence-corrected chi connectivity index (χ4v) is 3.95. The molecular formula is C19H17FN4O2S. The van der Waals surface area contributed by atoms with Gasteiger partial charge in [-0.2, -0.15) is 0 Å². The van der Waals surface area contributed by atoms with E-state index in [4.69, 9.17) is 5.73 Å². The van der Waals surface area contributed by atoms with E-state index in [1.54, 1.807) is 12.1 Å². The topological polar surface area (TPSA) is 98.0 Å². The largest absolute Gasteiger partial charge is 0.382 e. The van der Waals surface area contributed by atoms with E-state index in [0.717, 1.165) is 24.0 Å². The molecule has 8 heteroatoms. The van der Waals surface area contributed by atoms with E-state index in [1.165, 1.54) is 18.5 Å². The first kappa shape index (κ1) is 17.6. The quantitative estimate of drug-likeness (QED) is 0.588. The summed E-state index contributed by atoms with van der Waals surface area (Å²) in [5.74, 6) is -0.169. The Morgan fingerprint density at radius 2 is 1.81 bits per heavy atom. The van der Waals surface area contributed by atoms with Gasteiger partial charge in [-0.25, -0.2) is 22.5 Å². The van der Waals surface area contributed by atoms with E-state index >= 15 is 0 Å². The number of hydrogen-bond acceptors (Lipinski definition) is 5. The van der Waals surface area contributed by atoms with Crippen LogP contribution in [0.5, 0.6) is 0 Å². The average Bonchev–Trinajstić information content (AvgIpc) is 3.42. The molecule has 0 saturated heterocycles. The second-order valence-corrected chi connectivity index (χ2v) is 7.26. The molecule has 3 N–H and O–H groups in total. The van der Waals surface area contributed by atoms with Gasteiger partial charge in [0.05, 0.1) is 23.6 Å². The molecule has 0 unspecified atom stereocenters. The van der Waals surface area contributed by atoms with Crippen molar-refractivity contribution in [3.8, 4) is 22.4 Å². The summed E-state index contributed by atoms with van der Waals surface area (Å²) in [4.78, 5) is 8.05. The molecule has 1 heterocycles. The van der Waals surface area contributed by atoms with Gasteiger partial charge < -0.3 is 5.73 Å². The van der Waals surface area contributed by atoms with Gasteiger partial charge in [-0.3, -0.25) is 4.98 Å². The summed E-state index contributed by atoms with van der Waals surface area (Å²) >= 11 is 0. The van der Waals surface area contributed by atoms with Crippen LogP contribution in [0.15, 0.2) is 54.9 Å². The summed E-state index contributed by atoms with van der Waals surface area (Å²) in [5.41, 5.74) is 7.97. The highest BCUT2D eigenvalue weighted by Gasteiger charge is 2.46. The molecule has 0 amide bonds. The lowest BCUT2D eigenvalue weighted by Gasteiger charge is -2.18. The zero-order valence-electron chi connectivity index (χ0n) is 14.2. The second-order valence-electron chi connectivity index (χ2n) is 6.52. The fraction of sp³-hybridized carbons (Fsp3) is 0.158. The third-order valence-electron chi connectivity index (χ3n) is 4.73. The number of benzene rings is 2. The molecule has 27 heavy (non-hydrogen) atoms. The normalized spacial score (nSPS) is 15.0. The molecule has 138 valence electrons. The van der Waals surface area contributed by atoms with Gasteiger partial charge in [0.2, 0.25) is 10.9 Å². The number of anilines is 1. The Labute approximate surface area is 157 Å². The van der Waals surface area contributed by atoms with Crippen molar-refractivity contribution >= 4 is 16.7 Å². The Hall–Kier alpha value is -2.84. The zero-order chi connectivity index (χ0) is 19.0. The molecule has 0 spiro atoms. The number of hydrogen-bond donors (Lipinski definition) is 3. The first-order valence-corrected chi connectivity index (χ1v) is 9.56. The Balaban J connectivity index is 1.75. The van der Waals surface area contributed by atoms with Crippen LogP contribution in [0.2, 0.25) is 0 Å². The lowest BCUT2D eigenvalue weighted by atomic mass is 9.93. The summed E-state index contributed by atoms with van der Waals surface area (Å²) < 4.78 is 39.8. The molecule has 1 aliphatic rings. The maximum Gasteiger partial charge on any atom is 0.202 e. The van der Waals surface area contributed by atoms with Gasteiger partial charge in [-0.15, -0.1) is 0 Å². The number of nitrogens with zero attached hydrogens (tertiary/aromatic N) is 2. The third-order valence-corrected chi connectivity index (χ3v) is 5.34. The van der Waals surface area contributed by atoms with Crippen molar-refractivity contribution in [2.75, 3.05) is 5.73 Å². The number of nitrogens with one attached hydrogen (secondary N) is 1. The minimum Gasteiger partial charge on any atom is -0.382 e. The first-order valence-electron chi connectivity index (χ1n) is 8.38. The Bertz CT molecular complexity index is 1070. The van der Waals surface area contributed by atoms with Crippen molar-refractivity contribution in [2.24, 2.45) is 0 Å². The Morgan fingerprint density at radius 1 is 1.04 bits per heavy atom. The molecule has 1 aromatic heterocycles. The SMILES string of the molecule is Nc1cnc(-c2ccc(-c3ccccc3C3(N[SH](=O)=O)CC3)cc2F)cn1. The number of nitrogens with two attached hydrogens (primary N) is 1.